The molecule has 4 nitrogen and oxygen atoms in total. The molecule has 0 fully saturated rings. The summed E-state index contributed by atoms with van der Waals surface area (Å²) in [5, 5.41) is 9.21. The van der Waals surface area contributed by atoms with Crippen molar-refractivity contribution < 1.29 is 32.5 Å². The average Bonchev–Trinajstić information content (AvgIpc) is 2.38. The van der Waals surface area contributed by atoms with E-state index in [2.05, 4.69) is 4.74 Å². The zero-order valence-electron chi connectivity index (χ0n) is 10.7. The lowest BCUT2D eigenvalue weighted by atomic mass is 10.2. The van der Waals surface area contributed by atoms with E-state index in [4.69, 9.17) is 26.2 Å². The first kappa shape index (κ1) is 16.9. The summed E-state index contributed by atoms with van der Waals surface area (Å²) in [5.74, 6) is 0.486. The maximum Gasteiger partial charge on any atom is 0.411 e. The van der Waals surface area contributed by atoms with Gasteiger partial charge in [-0.15, -0.1) is 0 Å². The number of aliphatic hydroxyl groups excluding tert-OH is 1. The third-order valence-corrected chi connectivity index (χ3v) is 2.49. The van der Waals surface area contributed by atoms with Crippen LogP contribution in [0.3, 0.4) is 0 Å². The Bertz CT molecular complexity index is 437. The highest BCUT2D eigenvalue weighted by atomic mass is 35.5. The molecule has 0 aliphatic rings. The van der Waals surface area contributed by atoms with Gasteiger partial charge in [-0.25, -0.2) is 0 Å². The van der Waals surface area contributed by atoms with E-state index in [0.29, 0.717) is 5.56 Å². The van der Waals surface area contributed by atoms with Crippen LogP contribution < -0.4 is 9.47 Å². The first-order chi connectivity index (χ1) is 9.37. The second kappa shape index (κ2) is 7.56. The van der Waals surface area contributed by atoms with Gasteiger partial charge >= 0.3 is 6.18 Å². The summed E-state index contributed by atoms with van der Waals surface area (Å²) < 4.78 is 50.2. The van der Waals surface area contributed by atoms with Gasteiger partial charge in [-0.3, -0.25) is 0 Å². The summed E-state index contributed by atoms with van der Waals surface area (Å²) in [5.41, 5.74) is 0.535. The Morgan fingerprint density at radius 3 is 2.50 bits per heavy atom. The zero-order valence-corrected chi connectivity index (χ0v) is 11.4. The minimum Gasteiger partial charge on any atom is -0.493 e. The van der Waals surface area contributed by atoms with Crippen LogP contribution in [0.4, 0.5) is 13.2 Å². The quantitative estimate of drug-likeness (QED) is 0.786. The van der Waals surface area contributed by atoms with Crippen molar-refractivity contribution in [3.8, 4) is 11.5 Å². The fraction of sp³-hybridized carbons (Fsp3) is 0.500. The maximum absolute atomic E-state index is 11.8. The number of methoxy groups -OCH3 is 1. The molecule has 0 spiro atoms. The fourth-order valence-electron chi connectivity index (χ4n) is 1.40. The van der Waals surface area contributed by atoms with Crippen LogP contribution in [0.1, 0.15) is 5.56 Å². The SMILES string of the molecule is COc1cc(CO)cc(Cl)c1OCCOCC(F)(F)F. The van der Waals surface area contributed by atoms with Crippen LogP contribution in [-0.4, -0.2) is 38.2 Å². The van der Waals surface area contributed by atoms with Crippen LogP contribution in [0.5, 0.6) is 11.5 Å². The van der Waals surface area contributed by atoms with Gasteiger partial charge in [-0.05, 0) is 17.7 Å². The maximum atomic E-state index is 11.8. The highest BCUT2D eigenvalue weighted by Crippen LogP contribution is 2.36. The molecule has 0 saturated heterocycles. The normalized spacial score (nSPS) is 11.5. The Hall–Kier alpha value is -1.18. The lowest BCUT2D eigenvalue weighted by molar-refractivity contribution is -0.175. The number of aliphatic hydroxyl groups is 1. The molecule has 0 aliphatic heterocycles. The zero-order chi connectivity index (χ0) is 15.2. The van der Waals surface area contributed by atoms with E-state index in [1.165, 1.54) is 19.2 Å². The molecule has 1 N–H and O–H groups in total. The standard InChI is InChI=1S/C12H14ClF3O4/c1-18-10-5-8(6-17)4-9(13)11(10)20-3-2-19-7-12(14,15)16/h4-5,17H,2-3,6-7H2,1H3. The molecule has 0 radical (unpaired) electrons. The van der Waals surface area contributed by atoms with E-state index >= 15 is 0 Å². The smallest absolute Gasteiger partial charge is 0.411 e. The number of benzene rings is 1. The fourth-order valence-corrected chi connectivity index (χ4v) is 1.68. The van der Waals surface area contributed by atoms with Gasteiger partial charge in [0.05, 0.1) is 25.3 Å². The summed E-state index contributed by atoms with van der Waals surface area (Å²) in [6, 6.07) is 3.01. The van der Waals surface area contributed by atoms with Crippen LogP contribution in [0.2, 0.25) is 5.02 Å². The first-order valence-electron chi connectivity index (χ1n) is 5.62. The molecule has 0 aliphatic carbocycles. The van der Waals surface area contributed by atoms with Crippen molar-refractivity contribution in [2.45, 2.75) is 12.8 Å². The molecule has 0 unspecified atom stereocenters. The predicted molar refractivity (Wildman–Crippen MR) is 66.3 cm³/mol. The number of hydrogen-bond donors (Lipinski definition) is 1. The number of rotatable bonds is 7. The highest BCUT2D eigenvalue weighted by Gasteiger charge is 2.27. The van der Waals surface area contributed by atoms with Crippen molar-refractivity contribution in [3.63, 3.8) is 0 Å². The molecular weight excluding hydrogens is 301 g/mol. The lowest BCUT2D eigenvalue weighted by Crippen LogP contribution is -2.19. The van der Waals surface area contributed by atoms with Crippen LogP contribution in [-0.2, 0) is 11.3 Å². The summed E-state index contributed by atoms with van der Waals surface area (Å²) in [6.07, 6.45) is -4.36. The Balaban J connectivity index is 2.55. The molecule has 0 saturated carbocycles. The van der Waals surface area contributed by atoms with Crippen molar-refractivity contribution in [3.05, 3.63) is 22.7 Å². The third-order valence-electron chi connectivity index (χ3n) is 2.21. The van der Waals surface area contributed by atoms with Gasteiger partial charge in [-0.1, -0.05) is 11.6 Å². The topological polar surface area (TPSA) is 47.9 Å². The van der Waals surface area contributed by atoms with Crippen molar-refractivity contribution in [1.82, 2.24) is 0 Å². The molecule has 114 valence electrons. The van der Waals surface area contributed by atoms with Crippen LogP contribution >= 0.6 is 11.6 Å². The first-order valence-corrected chi connectivity index (χ1v) is 5.99. The molecule has 0 bridgehead atoms. The minimum atomic E-state index is -4.36. The molecule has 0 atom stereocenters. The number of ether oxygens (including phenoxy) is 3. The van der Waals surface area contributed by atoms with E-state index in [1.807, 2.05) is 0 Å². The van der Waals surface area contributed by atoms with Gasteiger partial charge in [0, 0.05) is 0 Å². The molecule has 1 rings (SSSR count). The van der Waals surface area contributed by atoms with Crippen molar-refractivity contribution in [2.24, 2.45) is 0 Å². The third kappa shape index (κ3) is 5.44. The monoisotopic (exact) mass is 314 g/mol. The highest BCUT2D eigenvalue weighted by molar-refractivity contribution is 6.32. The molecule has 0 amide bonds. The molecule has 8 heteroatoms. The summed E-state index contributed by atoms with van der Waals surface area (Å²) in [6.45, 7) is -1.89. The van der Waals surface area contributed by atoms with Gasteiger partial charge < -0.3 is 19.3 Å². The van der Waals surface area contributed by atoms with Crippen LogP contribution in [0.25, 0.3) is 0 Å². The van der Waals surface area contributed by atoms with Crippen LogP contribution in [0.15, 0.2) is 12.1 Å². The largest absolute Gasteiger partial charge is 0.493 e. The summed E-state index contributed by atoms with van der Waals surface area (Å²) in [4.78, 5) is 0. The van der Waals surface area contributed by atoms with Gasteiger partial charge in [0.25, 0.3) is 0 Å². The number of hydrogen-bond acceptors (Lipinski definition) is 4. The average molecular weight is 315 g/mol. The van der Waals surface area contributed by atoms with E-state index < -0.39 is 12.8 Å². The number of halogens is 4. The Kier molecular flexibility index (Phi) is 6.38. The van der Waals surface area contributed by atoms with Crippen molar-refractivity contribution >= 4 is 11.6 Å². The van der Waals surface area contributed by atoms with E-state index in [-0.39, 0.29) is 36.3 Å². The van der Waals surface area contributed by atoms with Gasteiger partial charge in [0.2, 0.25) is 0 Å². The Morgan fingerprint density at radius 1 is 1.25 bits per heavy atom. The van der Waals surface area contributed by atoms with E-state index in [9.17, 15) is 13.2 Å². The Labute approximate surface area is 119 Å². The lowest BCUT2D eigenvalue weighted by Gasteiger charge is -2.14. The molecule has 0 heterocycles. The van der Waals surface area contributed by atoms with Gasteiger partial charge in [0.15, 0.2) is 11.5 Å². The van der Waals surface area contributed by atoms with E-state index in [1.54, 1.807) is 0 Å². The molecule has 1 aromatic rings. The second-order valence-electron chi connectivity index (χ2n) is 3.78. The van der Waals surface area contributed by atoms with Gasteiger partial charge in [0.1, 0.15) is 13.2 Å². The molecule has 0 aromatic heterocycles. The molecule has 20 heavy (non-hydrogen) atoms. The van der Waals surface area contributed by atoms with Gasteiger partial charge in [-0.2, -0.15) is 13.2 Å². The number of alkyl halides is 3. The molecular formula is C12H14ClF3O4. The van der Waals surface area contributed by atoms with E-state index in [0.717, 1.165) is 0 Å². The predicted octanol–water partition coefficient (Wildman–Crippen LogP) is 2.80. The molecule has 1 aromatic carbocycles. The Morgan fingerprint density at radius 2 is 1.95 bits per heavy atom. The minimum absolute atomic E-state index is 0.107. The van der Waals surface area contributed by atoms with Crippen molar-refractivity contribution in [2.75, 3.05) is 26.9 Å². The second-order valence-corrected chi connectivity index (χ2v) is 4.19. The van der Waals surface area contributed by atoms with Crippen LogP contribution in [0, 0.1) is 0 Å². The summed E-state index contributed by atoms with van der Waals surface area (Å²) in [7, 11) is 1.39. The summed E-state index contributed by atoms with van der Waals surface area (Å²) >= 11 is 5.94. The van der Waals surface area contributed by atoms with Crippen molar-refractivity contribution in [1.29, 1.82) is 0 Å².